The van der Waals surface area contributed by atoms with Gasteiger partial charge in [-0.3, -0.25) is 5.41 Å². The van der Waals surface area contributed by atoms with Crippen LogP contribution in [0.5, 0.6) is 11.5 Å². The van der Waals surface area contributed by atoms with Crippen LogP contribution in [0.3, 0.4) is 0 Å². The average Bonchev–Trinajstić information content (AvgIpc) is 2.54. The largest absolute Gasteiger partial charge is 0.490 e. The smallest absolute Gasteiger partial charge is 0.457 e. The van der Waals surface area contributed by atoms with Crippen molar-refractivity contribution in [3.63, 3.8) is 0 Å². The Balaban J connectivity index is 2.28. The van der Waals surface area contributed by atoms with Gasteiger partial charge in [-0.2, -0.15) is 0 Å². The molecule has 0 aliphatic heterocycles. The molecule has 5 nitrogen and oxygen atoms in total. The van der Waals surface area contributed by atoms with Crippen molar-refractivity contribution in [2.45, 2.75) is 5.75 Å². The first kappa shape index (κ1) is 16.4. The Hall–Kier alpha value is -1.96. The van der Waals surface area contributed by atoms with E-state index in [0.717, 1.165) is 11.3 Å². The maximum absolute atomic E-state index is 9.77. The Morgan fingerprint density at radius 3 is 2.64 bits per heavy atom. The van der Waals surface area contributed by atoms with Crippen molar-refractivity contribution in [3.05, 3.63) is 54.1 Å². The predicted octanol–water partition coefficient (Wildman–Crippen LogP) is 1.94. The maximum atomic E-state index is 9.77. The molecule has 0 radical (unpaired) electrons. The molecule has 0 atom stereocenters. The van der Waals surface area contributed by atoms with E-state index in [-0.39, 0.29) is 5.17 Å². The predicted molar refractivity (Wildman–Crippen MR) is 90.8 cm³/mol. The van der Waals surface area contributed by atoms with Crippen LogP contribution in [0.1, 0.15) is 5.56 Å². The second kappa shape index (κ2) is 7.88. The summed E-state index contributed by atoms with van der Waals surface area (Å²) in [4.78, 5) is 0. The van der Waals surface area contributed by atoms with E-state index in [0.29, 0.717) is 17.0 Å². The van der Waals surface area contributed by atoms with Gasteiger partial charge in [-0.1, -0.05) is 42.1 Å². The van der Waals surface area contributed by atoms with E-state index in [2.05, 4.69) is 0 Å². The molecule has 22 heavy (non-hydrogen) atoms. The number of rotatable bonds is 6. The number of thioether (sulfide) groups is 1. The van der Waals surface area contributed by atoms with E-state index in [1.807, 2.05) is 30.3 Å². The molecule has 0 saturated heterocycles. The molecule has 0 spiro atoms. The summed E-state index contributed by atoms with van der Waals surface area (Å²) in [6.07, 6.45) is 0. The third-order valence-electron chi connectivity index (χ3n) is 2.95. The normalized spacial score (nSPS) is 10.3. The SMILES string of the molecule is COB(O)c1ccc(Oc2ccccc2)c(CSC(=N)N)c1. The number of nitrogens with one attached hydrogen (secondary N) is 1. The summed E-state index contributed by atoms with van der Waals surface area (Å²) in [6.45, 7) is 0. The van der Waals surface area contributed by atoms with E-state index in [4.69, 9.17) is 20.5 Å². The monoisotopic (exact) mass is 316 g/mol. The first-order chi connectivity index (χ1) is 10.6. The lowest BCUT2D eigenvalue weighted by atomic mass is 9.79. The van der Waals surface area contributed by atoms with Crippen molar-refractivity contribution in [1.82, 2.24) is 0 Å². The molecule has 0 fully saturated rings. The number of nitrogens with two attached hydrogens (primary N) is 1. The molecule has 0 bridgehead atoms. The molecule has 0 aromatic heterocycles. The number of hydrogen-bond acceptors (Lipinski definition) is 5. The Bertz CT molecular complexity index is 640. The molecular weight excluding hydrogens is 299 g/mol. The lowest BCUT2D eigenvalue weighted by molar-refractivity contribution is 0.341. The lowest BCUT2D eigenvalue weighted by Crippen LogP contribution is -2.32. The molecule has 0 heterocycles. The van der Waals surface area contributed by atoms with E-state index in [1.165, 1.54) is 18.9 Å². The topological polar surface area (TPSA) is 88.6 Å². The highest BCUT2D eigenvalue weighted by Crippen LogP contribution is 2.27. The summed E-state index contributed by atoms with van der Waals surface area (Å²) in [6, 6.07) is 14.7. The first-order valence-corrected chi connectivity index (χ1v) is 7.62. The first-order valence-electron chi connectivity index (χ1n) is 6.63. The molecule has 114 valence electrons. The zero-order chi connectivity index (χ0) is 15.9. The molecule has 2 aromatic carbocycles. The van der Waals surface area contributed by atoms with Crippen LogP contribution in [0.15, 0.2) is 48.5 Å². The molecule has 0 amide bonds. The lowest BCUT2D eigenvalue weighted by Gasteiger charge is -2.13. The van der Waals surface area contributed by atoms with Gasteiger partial charge in [-0.05, 0) is 23.7 Å². The quantitative estimate of drug-likeness (QED) is 0.430. The summed E-state index contributed by atoms with van der Waals surface area (Å²) in [5.41, 5.74) is 6.86. The minimum Gasteiger partial charge on any atom is -0.457 e. The van der Waals surface area contributed by atoms with Crippen molar-refractivity contribution in [2.24, 2.45) is 5.73 Å². The molecule has 2 rings (SSSR count). The fourth-order valence-corrected chi connectivity index (χ4v) is 2.41. The number of ether oxygens (including phenoxy) is 1. The summed E-state index contributed by atoms with van der Waals surface area (Å²) >= 11 is 1.20. The molecular formula is C15H17BN2O3S. The van der Waals surface area contributed by atoms with Gasteiger partial charge in [0, 0.05) is 18.4 Å². The fraction of sp³-hybridized carbons (Fsp3) is 0.133. The van der Waals surface area contributed by atoms with E-state index in [1.54, 1.807) is 18.2 Å². The second-order valence-corrected chi connectivity index (χ2v) is 5.54. The van der Waals surface area contributed by atoms with Crippen molar-refractivity contribution in [2.75, 3.05) is 7.11 Å². The molecule has 0 unspecified atom stereocenters. The summed E-state index contributed by atoms with van der Waals surface area (Å²) in [7, 11) is 0.440. The number of benzene rings is 2. The van der Waals surface area contributed by atoms with Crippen molar-refractivity contribution in [1.29, 1.82) is 5.41 Å². The van der Waals surface area contributed by atoms with Crippen molar-refractivity contribution in [3.8, 4) is 11.5 Å². The van der Waals surface area contributed by atoms with Gasteiger partial charge < -0.3 is 20.1 Å². The molecule has 4 N–H and O–H groups in total. The van der Waals surface area contributed by atoms with E-state index < -0.39 is 7.12 Å². The van der Waals surface area contributed by atoms with Crippen LogP contribution in [0, 0.1) is 5.41 Å². The van der Waals surface area contributed by atoms with Crippen LogP contribution >= 0.6 is 11.8 Å². The van der Waals surface area contributed by atoms with Gasteiger partial charge in [-0.15, -0.1) is 0 Å². The zero-order valence-corrected chi connectivity index (χ0v) is 13.0. The van der Waals surface area contributed by atoms with Gasteiger partial charge in [-0.25, -0.2) is 0 Å². The van der Waals surface area contributed by atoms with Crippen LogP contribution in [0.2, 0.25) is 0 Å². The van der Waals surface area contributed by atoms with Crippen LogP contribution in [-0.4, -0.2) is 24.4 Å². The highest BCUT2D eigenvalue weighted by atomic mass is 32.2. The van der Waals surface area contributed by atoms with Gasteiger partial charge in [0.05, 0.1) is 0 Å². The van der Waals surface area contributed by atoms with Gasteiger partial charge in [0.2, 0.25) is 0 Å². The van der Waals surface area contributed by atoms with Gasteiger partial charge in [0.15, 0.2) is 5.17 Å². The molecule has 7 heteroatoms. The third-order valence-corrected chi connectivity index (χ3v) is 3.71. The Kier molecular flexibility index (Phi) is 5.88. The van der Waals surface area contributed by atoms with Gasteiger partial charge in [0.25, 0.3) is 0 Å². The highest BCUT2D eigenvalue weighted by molar-refractivity contribution is 8.13. The molecule has 0 aliphatic carbocycles. The minimum absolute atomic E-state index is 0.0309. The maximum Gasteiger partial charge on any atom is 0.490 e. The van der Waals surface area contributed by atoms with Crippen LogP contribution in [0.4, 0.5) is 0 Å². The van der Waals surface area contributed by atoms with E-state index in [9.17, 15) is 5.02 Å². The molecule has 0 aliphatic rings. The van der Waals surface area contributed by atoms with E-state index >= 15 is 0 Å². The highest BCUT2D eigenvalue weighted by Gasteiger charge is 2.17. The Labute approximate surface area is 134 Å². The third kappa shape index (κ3) is 4.52. The summed E-state index contributed by atoms with van der Waals surface area (Å²) in [5, 5.41) is 17.1. The van der Waals surface area contributed by atoms with Crippen molar-refractivity contribution < 1.29 is 14.4 Å². The fourth-order valence-electron chi connectivity index (χ4n) is 1.87. The van der Waals surface area contributed by atoms with Crippen LogP contribution < -0.4 is 15.9 Å². The van der Waals surface area contributed by atoms with Crippen molar-refractivity contribution >= 4 is 29.5 Å². The number of amidine groups is 1. The number of para-hydroxylation sites is 1. The Morgan fingerprint density at radius 2 is 2.00 bits per heavy atom. The summed E-state index contributed by atoms with van der Waals surface area (Å²) < 4.78 is 10.8. The van der Waals surface area contributed by atoms with Crippen LogP contribution in [0.25, 0.3) is 0 Å². The standard InChI is InChI=1S/C15H17BN2O3S/c1-20-16(19)12-7-8-14(11(9-12)10-22-15(17)18)21-13-5-3-2-4-6-13/h2-9,19H,10H2,1H3,(H3,17,18). The number of hydrogen-bond donors (Lipinski definition) is 3. The second-order valence-electron chi connectivity index (χ2n) is 4.52. The van der Waals surface area contributed by atoms with Gasteiger partial charge in [0.1, 0.15) is 11.5 Å². The molecule has 2 aromatic rings. The van der Waals surface area contributed by atoms with Crippen LogP contribution in [-0.2, 0) is 10.4 Å². The zero-order valence-electron chi connectivity index (χ0n) is 12.2. The molecule has 0 saturated carbocycles. The minimum atomic E-state index is -0.994. The summed E-state index contributed by atoms with van der Waals surface area (Å²) in [5.74, 6) is 1.85. The van der Waals surface area contributed by atoms with Gasteiger partial charge >= 0.3 is 7.12 Å². The Morgan fingerprint density at radius 1 is 1.27 bits per heavy atom. The average molecular weight is 316 g/mol.